The van der Waals surface area contributed by atoms with Crippen molar-refractivity contribution in [3.63, 3.8) is 0 Å². The van der Waals surface area contributed by atoms with Crippen LogP contribution in [0.3, 0.4) is 0 Å². The van der Waals surface area contributed by atoms with Crippen molar-refractivity contribution in [1.82, 2.24) is 9.13 Å². The second kappa shape index (κ2) is 8.57. The molecule has 9 aromatic rings. The average molecular weight is 588 g/mol. The molecule has 0 aliphatic carbocycles. The van der Waals surface area contributed by atoms with Gasteiger partial charge < -0.3 is 9.13 Å². The molecule has 3 heteroatoms. The van der Waals surface area contributed by atoms with Crippen molar-refractivity contribution in [3.8, 4) is 11.4 Å². The van der Waals surface area contributed by atoms with Crippen molar-refractivity contribution in [1.29, 1.82) is 0 Å². The van der Waals surface area contributed by atoms with Gasteiger partial charge in [0.15, 0.2) is 0 Å². The molecule has 0 unspecified atom stereocenters. The van der Waals surface area contributed by atoms with E-state index in [1.165, 1.54) is 65.2 Å². The fraction of sp³-hybridized carbons (Fsp3) is 0. The van der Waals surface area contributed by atoms with E-state index in [1.54, 1.807) is 0 Å². The van der Waals surface area contributed by atoms with E-state index < -0.39 is 0 Å². The minimum Gasteiger partial charge on any atom is -0.308 e. The molecule has 0 atom stereocenters. The summed E-state index contributed by atoms with van der Waals surface area (Å²) in [6.07, 6.45) is 0. The number of nitrogens with zero attached hydrogens (tertiary/aromatic N) is 2. The van der Waals surface area contributed by atoms with Crippen LogP contribution < -0.4 is 0 Å². The van der Waals surface area contributed by atoms with E-state index in [0.29, 0.717) is 0 Å². The van der Waals surface area contributed by atoms with E-state index in [4.69, 9.17) is 0 Å². The summed E-state index contributed by atoms with van der Waals surface area (Å²) in [5.41, 5.74) is 7.05. The Morgan fingerprint density at radius 1 is 0.366 bits per heavy atom. The van der Waals surface area contributed by atoms with Crippen molar-refractivity contribution >= 4 is 81.1 Å². The highest BCUT2D eigenvalue weighted by Crippen LogP contribution is 2.42. The Morgan fingerprint density at radius 3 is 1.68 bits per heavy atom. The van der Waals surface area contributed by atoms with Gasteiger partial charge in [0.1, 0.15) is 0 Å². The lowest BCUT2D eigenvalue weighted by molar-refractivity contribution is 1.12. The molecule has 0 aliphatic heterocycles. The van der Waals surface area contributed by atoms with Crippen LogP contribution in [0.2, 0.25) is 0 Å². The third-order valence-corrected chi connectivity index (χ3v) is 9.35. The van der Waals surface area contributed by atoms with Gasteiger partial charge in [-0.3, -0.25) is 0 Å². The number of hydrogen-bond acceptors (Lipinski definition) is 0. The van der Waals surface area contributed by atoms with Crippen LogP contribution in [0.1, 0.15) is 0 Å². The molecule has 192 valence electrons. The normalized spacial score (nSPS) is 12.0. The monoisotopic (exact) mass is 586 g/mol. The standard InChI is InChI=1S/C38H23BrN2/c39-38-34(40-32-17-8-6-15-29(32)37-27-13-4-3-10-24(27)20-21-33(37)40)18-9-19-35(38)41-31-16-7-5-14-28(31)30-22-25-11-1-2-12-26(25)23-36(30)41/h1-23H. The molecule has 9 rings (SSSR count). The zero-order valence-electron chi connectivity index (χ0n) is 22.1. The Morgan fingerprint density at radius 2 is 0.927 bits per heavy atom. The van der Waals surface area contributed by atoms with Crippen LogP contribution in [0.5, 0.6) is 0 Å². The molecule has 2 aromatic heterocycles. The van der Waals surface area contributed by atoms with Gasteiger partial charge in [-0.2, -0.15) is 0 Å². The summed E-state index contributed by atoms with van der Waals surface area (Å²) in [4.78, 5) is 0. The first-order chi connectivity index (χ1) is 20.3. The maximum absolute atomic E-state index is 4.12. The van der Waals surface area contributed by atoms with E-state index >= 15 is 0 Å². The summed E-state index contributed by atoms with van der Waals surface area (Å²) >= 11 is 4.12. The van der Waals surface area contributed by atoms with Gasteiger partial charge in [-0.25, -0.2) is 0 Å². The van der Waals surface area contributed by atoms with Gasteiger partial charge in [-0.15, -0.1) is 0 Å². The largest absolute Gasteiger partial charge is 0.308 e. The van der Waals surface area contributed by atoms with Crippen LogP contribution in [0, 0.1) is 0 Å². The number of benzene rings is 7. The smallest absolute Gasteiger partial charge is 0.0656 e. The highest BCUT2D eigenvalue weighted by Gasteiger charge is 2.20. The molecule has 0 aliphatic rings. The maximum atomic E-state index is 4.12. The molecule has 0 bridgehead atoms. The topological polar surface area (TPSA) is 9.86 Å². The summed E-state index contributed by atoms with van der Waals surface area (Å²) < 4.78 is 5.88. The highest BCUT2D eigenvalue weighted by molar-refractivity contribution is 9.10. The van der Waals surface area contributed by atoms with E-state index in [1.807, 2.05) is 0 Å². The lowest BCUT2D eigenvalue weighted by Gasteiger charge is -2.16. The molecule has 0 radical (unpaired) electrons. The summed E-state index contributed by atoms with van der Waals surface area (Å²) in [6.45, 7) is 0. The van der Waals surface area contributed by atoms with Gasteiger partial charge in [0, 0.05) is 21.5 Å². The molecule has 41 heavy (non-hydrogen) atoms. The first-order valence-corrected chi connectivity index (χ1v) is 14.7. The molecular formula is C38H23BrN2. The number of halogens is 1. The van der Waals surface area contributed by atoms with Crippen molar-refractivity contribution < 1.29 is 0 Å². The van der Waals surface area contributed by atoms with Crippen LogP contribution in [-0.2, 0) is 0 Å². The Kier molecular flexibility index (Phi) is 4.79. The lowest BCUT2D eigenvalue weighted by Crippen LogP contribution is -2.01. The predicted molar refractivity (Wildman–Crippen MR) is 178 cm³/mol. The fourth-order valence-corrected chi connectivity index (χ4v) is 7.39. The second-order valence-electron chi connectivity index (χ2n) is 10.7. The molecule has 0 spiro atoms. The van der Waals surface area contributed by atoms with Gasteiger partial charge in [0.25, 0.3) is 0 Å². The van der Waals surface area contributed by atoms with Crippen LogP contribution in [0.4, 0.5) is 0 Å². The van der Waals surface area contributed by atoms with Gasteiger partial charge in [-0.1, -0.05) is 97.1 Å². The average Bonchev–Trinajstić information content (AvgIpc) is 3.53. The summed E-state index contributed by atoms with van der Waals surface area (Å²) in [5.74, 6) is 0. The molecule has 0 saturated carbocycles. The van der Waals surface area contributed by atoms with Crippen LogP contribution in [0.25, 0.3) is 76.5 Å². The van der Waals surface area contributed by atoms with Crippen molar-refractivity contribution in [2.24, 2.45) is 0 Å². The Balaban J connectivity index is 1.40. The number of fused-ring (bicyclic) bond motifs is 9. The predicted octanol–water partition coefficient (Wildman–Crippen LogP) is 10.9. The highest BCUT2D eigenvalue weighted by atomic mass is 79.9. The molecule has 0 saturated heterocycles. The Hall–Kier alpha value is -4.86. The van der Waals surface area contributed by atoms with E-state index in [2.05, 4.69) is 165 Å². The van der Waals surface area contributed by atoms with Gasteiger partial charge in [-0.05, 0) is 79.9 Å². The van der Waals surface area contributed by atoms with E-state index in [0.717, 1.165) is 15.8 Å². The van der Waals surface area contributed by atoms with Crippen LogP contribution in [-0.4, -0.2) is 9.13 Å². The van der Waals surface area contributed by atoms with E-state index in [9.17, 15) is 0 Å². The van der Waals surface area contributed by atoms with Crippen LogP contribution >= 0.6 is 15.9 Å². The van der Waals surface area contributed by atoms with E-state index in [-0.39, 0.29) is 0 Å². The second-order valence-corrected chi connectivity index (χ2v) is 11.5. The van der Waals surface area contributed by atoms with Crippen molar-refractivity contribution in [3.05, 3.63) is 144 Å². The Labute approximate surface area is 244 Å². The maximum Gasteiger partial charge on any atom is 0.0656 e. The number of para-hydroxylation sites is 2. The lowest BCUT2D eigenvalue weighted by atomic mass is 10.0. The van der Waals surface area contributed by atoms with Crippen molar-refractivity contribution in [2.45, 2.75) is 0 Å². The third kappa shape index (κ3) is 3.18. The number of rotatable bonds is 2. The molecule has 0 fully saturated rings. The fourth-order valence-electron chi connectivity index (χ4n) is 6.77. The zero-order valence-corrected chi connectivity index (χ0v) is 23.6. The number of hydrogen-bond donors (Lipinski definition) is 0. The molecule has 2 heterocycles. The van der Waals surface area contributed by atoms with Gasteiger partial charge in [0.05, 0.1) is 37.9 Å². The Bertz CT molecular complexity index is 2470. The first kappa shape index (κ1) is 22.9. The number of aromatic nitrogens is 2. The minimum absolute atomic E-state index is 1.06. The first-order valence-electron chi connectivity index (χ1n) is 13.9. The third-order valence-electron chi connectivity index (χ3n) is 8.54. The molecule has 0 N–H and O–H groups in total. The van der Waals surface area contributed by atoms with Crippen molar-refractivity contribution in [2.75, 3.05) is 0 Å². The molecule has 7 aromatic carbocycles. The molecule has 2 nitrogen and oxygen atoms in total. The minimum atomic E-state index is 1.06. The zero-order chi connectivity index (χ0) is 27.1. The summed E-state index contributed by atoms with van der Waals surface area (Å²) in [7, 11) is 0. The molecular weight excluding hydrogens is 564 g/mol. The van der Waals surface area contributed by atoms with Gasteiger partial charge in [0.2, 0.25) is 0 Å². The summed E-state index contributed by atoms with van der Waals surface area (Å²) in [5, 5.41) is 10.1. The summed E-state index contributed by atoms with van der Waals surface area (Å²) in [6, 6.07) is 50.6. The SMILES string of the molecule is Brc1c(-n2c3ccccc3c3cc4ccccc4cc32)cccc1-n1c2ccccc2c2c3ccccc3ccc21. The van der Waals surface area contributed by atoms with Gasteiger partial charge >= 0.3 is 0 Å². The quantitative estimate of drug-likeness (QED) is 0.190. The molecule has 0 amide bonds. The van der Waals surface area contributed by atoms with Crippen LogP contribution in [0.15, 0.2) is 144 Å².